The second-order valence-electron chi connectivity index (χ2n) is 10.1. The predicted octanol–water partition coefficient (Wildman–Crippen LogP) is 4.85. The Kier molecular flexibility index (Phi) is 9.41. The number of carbonyl (C=O) groups excluding carboxylic acids is 3. The third kappa shape index (κ3) is 7.31. The van der Waals surface area contributed by atoms with Crippen molar-refractivity contribution in [2.45, 2.75) is 26.0 Å². The van der Waals surface area contributed by atoms with Crippen molar-refractivity contribution in [3.8, 4) is 5.75 Å². The zero-order valence-corrected chi connectivity index (χ0v) is 23.1. The van der Waals surface area contributed by atoms with Crippen molar-refractivity contribution >= 4 is 35.0 Å². The van der Waals surface area contributed by atoms with Crippen LogP contribution in [0, 0.1) is 11.7 Å². The highest BCUT2D eigenvalue weighted by molar-refractivity contribution is 6.04. The summed E-state index contributed by atoms with van der Waals surface area (Å²) >= 11 is 0. The number of hydrogen-bond donors (Lipinski definition) is 4. The van der Waals surface area contributed by atoms with Crippen molar-refractivity contribution in [1.82, 2.24) is 9.80 Å². The Labute approximate surface area is 238 Å². The number of aliphatic hydroxyl groups is 1. The molecule has 0 bridgehead atoms. The fraction of sp³-hybridized carbons (Fsp3) is 0.300. The zero-order chi connectivity index (χ0) is 29.5. The van der Waals surface area contributed by atoms with Crippen LogP contribution in [-0.4, -0.2) is 71.8 Å². The van der Waals surface area contributed by atoms with Crippen LogP contribution in [0.4, 0.5) is 31.0 Å². The number of fused-ring (bicyclic) bond motifs is 1. The monoisotopic (exact) mass is 563 g/mol. The minimum Gasteiger partial charge on any atom is -0.485 e. The van der Waals surface area contributed by atoms with Crippen molar-refractivity contribution in [2.75, 3.05) is 42.7 Å². The van der Waals surface area contributed by atoms with Crippen LogP contribution in [-0.2, 0) is 0 Å². The number of halogens is 1. The van der Waals surface area contributed by atoms with Gasteiger partial charge in [0.2, 0.25) is 0 Å². The minimum atomic E-state index is -0.598. The first-order valence-corrected chi connectivity index (χ1v) is 13.3. The van der Waals surface area contributed by atoms with Gasteiger partial charge >= 0.3 is 12.1 Å². The number of hydrogen-bond acceptors (Lipinski definition) is 5. The summed E-state index contributed by atoms with van der Waals surface area (Å²) in [7, 11) is 1.60. The van der Waals surface area contributed by atoms with Gasteiger partial charge in [-0.2, -0.15) is 0 Å². The number of anilines is 3. The van der Waals surface area contributed by atoms with E-state index in [0.29, 0.717) is 11.4 Å². The Hall–Kier alpha value is -4.64. The van der Waals surface area contributed by atoms with Gasteiger partial charge in [-0.1, -0.05) is 31.2 Å². The van der Waals surface area contributed by atoms with Gasteiger partial charge < -0.3 is 35.6 Å². The van der Waals surface area contributed by atoms with Crippen LogP contribution in [0.3, 0.4) is 0 Å². The van der Waals surface area contributed by atoms with E-state index in [1.165, 1.54) is 29.2 Å². The molecule has 3 atom stereocenters. The van der Waals surface area contributed by atoms with Gasteiger partial charge in [0.15, 0.2) is 5.75 Å². The lowest BCUT2D eigenvalue weighted by Crippen LogP contribution is -2.50. The number of ether oxygens (including phenoxy) is 1. The van der Waals surface area contributed by atoms with Gasteiger partial charge in [-0.15, -0.1) is 0 Å². The van der Waals surface area contributed by atoms with E-state index in [1.54, 1.807) is 61.3 Å². The Morgan fingerprint density at radius 3 is 2.39 bits per heavy atom. The van der Waals surface area contributed by atoms with E-state index in [2.05, 4.69) is 16.0 Å². The molecule has 5 amide bonds. The van der Waals surface area contributed by atoms with Crippen molar-refractivity contribution in [1.29, 1.82) is 0 Å². The van der Waals surface area contributed by atoms with Crippen molar-refractivity contribution in [2.24, 2.45) is 5.92 Å². The first kappa shape index (κ1) is 29.3. The van der Waals surface area contributed by atoms with E-state index in [4.69, 9.17) is 4.74 Å². The maximum atomic E-state index is 13.6. The van der Waals surface area contributed by atoms with E-state index < -0.39 is 30.0 Å². The number of nitrogens with zero attached hydrogens (tertiary/aromatic N) is 2. The molecular weight excluding hydrogens is 529 g/mol. The summed E-state index contributed by atoms with van der Waals surface area (Å²) in [6.07, 6.45) is -0.598. The molecule has 0 unspecified atom stereocenters. The van der Waals surface area contributed by atoms with Crippen LogP contribution in [0.5, 0.6) is 5.75 Å². The van der Waals surface area contributed by atoms with E-state index in [-0.39, 0.29) is 48.5 Å². The summed E-state index contributed by atoms with van der Waals surface area (Å²) in [5.74, 6) is -0.862. The van der Waals surface area contributed by atoms with Crippen LogP contribution >= 0.6 is 0 Å². The summed E-state index contributed by atoms with van der Waals surface area (Å²) in [5.41, 5.74) is 1.52. The highest BCUT2D eigenvalue weighted by atomic mass is 19.1. The number of nitrogens with one attached hydrogen (secondary N) is 3. The first-order chi connectivity index (χ1) is 19.7. The molecule has 41 heavy (non-hydrogen) atoms. The Morgan fingerprint density at radius 1 is 1.02 bits per heavy atom. The second kappa shape index (κ2) is 13.1. The number of rotatable bonds is 7. The largest absolute Gasteiger partial charge is 0.485 e. The summed E-state index contributed by atoms with van der Waals surface area (Å²) in [6.45, 7) is 3.80. The molecule has 0 saturated carbocycles. The molecule has 11 heteroatoms. The van der Waals surface area contributed by atoms with Crippen LogP contribution in [0.2, 0.25) is 0 Å². The Morgan fingerprint density at radius 2 is 1.71 bits per heavy atom. The molecule has 10 nitrogen and oxygen atoms in total. The van der Waals surface area contributed by atoms with E-state index in [0.717, 1.165) is 0 Å². The van der Waals surface area contributed by atoms with E-state index >= 15 is 0 Å². The molecule has 4 N–H and O–H groups in total. The molecule has 1 aliphatic heterocycles. The molecule has 0 radical (unpaired) electrons. The SMILES string of the molecule is C[C@@H]1CN([C@H](C)CO)C(=O)c2cccc(NC(=O)Nc3ccccc3)c2O[C@H]1CN(C)C(=O)Nc1ccc(F)cc1. The first-order valence-electron chi connectivity index (χ1n) is 13.3. The predicted molar refractivity (Wildman–Crippen MR) is 155 cm³/mol. The number of likely N-dealkylation sites (N-methyl/N-ethyl adjacent to an activating group) is 1. The summed E-state index contributed by atoms with van der Waals surface area (Å²) in [4.78, 5) is 42.4. The van der Waals surface area contributed by atoms with Gasteiger partial charge in [0.1, 0.15) is 11.9 Å². The Bertz CT molecular complexity index is 1370. The molecule has 0 aromatic heterocycles. The van der Waals surface area contributed by atoms with Crippen LogP contribution in [0.1, 0.15) is 24.2 Å². The molecule has 1 aliphatic rings. The molecule has 3 aromatic rings. The third-order valence-electron chi connectivity index (χ3n) is 6.87. The molecule has 1 heterocycles. The standard InChI is InChI=1S/C30H34FN5O5/c1-19-16-36(20(2)18-37)28(38)24-10-7-11-25(34-29(39)32-22-8-5-4-6-9-22)27(24)41-26(19)17-35(3)30(40)33-23-14-12-21(31)13-15-23/h4-15,19-20,26,37H,16-18H2,1-3H3,(H,33,40)(H2,32,34,39)/t19-,20-,26+/m1/s1. The number of para-hydroxylation sites is 2. The quantitative estimate of drug-likeness (QED) is 0.327. The molecule has 0 aliphatic carbocycles. The maximum absolute atomic E-state index is 13.6. The topological polar surface area (TPSA) is 123 Å². The van der Waals surface area contributed by atoms with Crippen LogP contribution in [0.15, 0.2) is 72.8 Å². The highest BCUT2D eigenvalue weighted by Crippen LogP contribution is 2.35. The molecule has 4 rings (SSSR count). The van der Waals surface area contributed by atoms with Crippen molar-refractivity contribution in [3.05, 3.63) is 84.2 Å². The lowest BCUT2D eigenvalue weighted by atomic mass is 9.99. The minimum absolute atomic E-state index is 0.133. The van der Waals surface area contributed by atoms with Crippen LogP contribution < -0.4 is 20.7 Å². The van der Waals surface area contributed by atoms with E-state index in [9.17, 15) is 23.9 Å². The molecule has 216 valence electrons. The number of urea groups is 2. The van der Waals surface area contributed by atoms with Crippen molar-refractivity contribution < 1.29 is 28.6 Å². The second-order valence-corrected chi connectivity index (χ2v) is 10.1. The fourth-order valence-electron chi connectivity index (χ4n) is 4.47. The lowest BCUT2D eigenvalue weighted by molar-refractivity contribution is 0.0373. The van der Waals surface area contributed by atoms with E-state index in [1.807, 2.05) is 13.0 Å². The number of carbonyl (C=O) groups is 3. The summed E-state index contributed by atoms with van der Waals surface area (Å²) in [5, 5.41) is 18.1. The molecule has 0 fully saturated rings. The number of amides is 5. The average molecular weight is 564 g/mol. The summed E-state index contributed by atoms with van der Waals surface area (Å²) in [6, 6.07) is 17.8. The van der Waals surface area contributed by atoms with Gasteiger partial charge in [-0.25, -0.2) is 14.0 Å². The normalized spacial score (nSPS) is 17.3. The lowest BCUT2D eigenvalue weighted by Gasteiger charge is -2.38. The smallest absolute Gasteiger partial charge is 0.323 e. The fourth-order valence-corrected chi connectivity index (χ4v) is 4.47. The Balaban J connectivity index is 1.61. The third-order valence-corrected chi connectivity index (χ3v) is 6.87. The van der Waals surface area contributed by atoms with Gasteiger partial charge in [0.25, 0.3) is 5.91 Å². The molecule has 3 aromatic carbocycles. The van der Waals surface area contributed by atoms with Gasteiger partial charge in [-0.05, 0) is 55.5 Å². The number of aliphatic hydroxyl groups excluding tert-OH is 1. The van der Waals surface area contributed by atoms with Crippen molar-refractivity contribution in [3.63, 3.8) is 0 Å². The van der Waals surface area contributed by atoms with Gasteiger partial charge in [0.05, 0.1) is 30.4 Å². The maximum Gasteiger partial charge on any atom is 0.323 e. The summed E-state index contributed by atoms with van der Waals surface area (Å²) < 4.78 is 19.7. The molecular formula is C30H34FN5O5. The van der Waals surface area contributed by atoms with Gasteiger partial charge in [0, 0.05) is 30.9 Å². The van der Waals surface area contributed by atoms with Crippen LogP contribution in [0.25, 0.3) is 0 Å². The number of benzene rings is 3. The average Bonchev–Trinajstić information content (AvgIpc) is 2.96. The zero-order valence-electron chi connectivity index (χ0n) is 23.1. The highest BCUT2D eigenvalue weighted by Gasteiger charge is 2.35. The molecule has 0 saturated heterocycles. The van der Waals surface area contributed by atoms with Gasteiger partial charge in [-0.3, -0.25) is 4.79 Å². The molecule has 0 spiro atoms.